The van der Waals surface area contributed by atoms with E-state index in [0.29, 0.717) is 19.3 Å². The fraction of sp³-hybridized carbons (Fsp3) is 0.280. The number of nitrogens with zero attached hydrogens (tertiary/aromatic N) is 1. The zero-order valence-corrected chi connectivity index (χ0v) is 19.3. The first-order chi connectivity index (χ1) is 16.6. The number of rotatable bonds is 5. The molecule has 2 N–H and O–H groups in total. The van der Waals surface area contributed by atoms with Crippen molar-refractivity contribution in [2.45, 2.75) is 48.7 Å². The number of alkyl halides is 3. The maximum absolute atomic E-state index is 13.0. The monoisotopic (exact) mass is 504 g/mol. The van der Waals surface area contributed by atoms with E-state index in [0.717, 1.165) is 46.1 Å². The zero-order chi connectivity index (χ0) is 24.8. The van der Waals surface area contributed by atoms with Crippen molar-refractivity contribution >= 4 is 31.8 Å². The van der Waals surface area contributed by atoms with Crippen molar-refractivity contribution in [3.05, 3.63) is 72.8 Å². The molecule has 0 bridgehead atoms. The van der Waals surface area contributed by atoms with Crippen LogP contribution < -0.4 is 9.46 Å². The van der Waals surface area contributed by atoms with Crippen LogP contribution in [0.5, 0.6) is 5.75 Å². The number of benzene rings is 3. The SMILES string of the molecule is O=S(=O)(NC1CCCC(n2c3ccccc3c3ccccc32)[C@@H]1O)c1ccc(OC(F)(F)F)cc1. The molecule has 6 nitrogen and oxygen atoms in total. The first-order valence-electron chi connectivity index (χ1n) is 11.2. The van der Waals surface area contributed by atoms with Gasteiger partial charge in [-0.25, -0.2) is 13.1 Å². The van der Waals surface area contributed by atoms with E-state index in [1.54, 1.807) is 0 Å². The van der Waals surface area contributed by atoms with E-state index in [4.69, 9.17) is 0 Å². The molecule has 3 atom stereocenters. The number of para-hydroxylation sites is 2. The van der Waals surface area contributed by atoms with Crippen LogP contribution in [0, 0.1) is 0 Å². The number of ether oxygens (including phenoxy) is 1. The van der Waals surface area contributed by atoms with E-state index in [-0.39, 0.29) is 10.9 Å². The number of hydrogen-bond donors (Lipinski definition) is 2. The minimum absolute atomic E-state index is 0.210. The molecule has 0 amide bonds. The van der Waals surface area contributed by atoms with Gasteiger partial charge in [-0.15, -0.1) is 13.2 Å². The van der Waals surface area contributed by atoms with E-state index >= 15 is 0 Å². The molecule has 2 unspecified atom stereocenters. The lowest BCUT2D eigenvalue weighted by Crippen LogP contribution is -2.49. The third-order valence-electron chi connectivity index (χ3n) is 6.44. The van der Waals surface area contributed by atoms with Crippen LogP contribution in [0.3, 0.4) is 0 Å². The van der Waals surface area contributed by atoms with E-state index in [9.17, 15) is 26.7 Å². The largest absolute Gasteiger partial charge is 0.573 e. The molecule has 1 fully saturated rings. The summed E-state index contributed by atoms with van der Waals surface area (Å²) in [4.78, 5) is -0.210. The second kappa shape index (κ2) is 8.85. The molecule has 1 aliphatic carbocycles. The van der Waals surface area contributed by atoms with Crippen molar-refractivity contribution < 1.29 is 31.4 Å². The summed E-state index contributed by atoms with van der Waals surface area (Å²) in [6, 6.07) is 18.7. The molecule has 1 aromatic heterocycles. The van der Waals surface area contributed by atoms with Gasteiger partial charge >= 0.3 is 6.36 Å². The molecule has 0 spiro atoms. The highest BCUT2D eigenvalue weighted by atomic mass is 32.2. The van der Waals surface area contributed by atoms with Gasteiger partial charge in [0.1, 0.15) is 5.75 Å². The molecular weight excluding hydrogens is 481 g/mol. The van der Waals surface area contributed by atoms with Crippen LogP contribution in [0.4, 0.5) is 13.2 Å². The van der Waals surface area contributed by atoms with Gasteiger partial charge in [0.05, 0.1) is 23.1 Å². The van der Waals surface area contributed by atoms with E-state index < -0.39 is 34.3 Å². The van der Waals surface area contributed by atoms with Gasteiger partial charge in [-0.1, -0.05) is 36.4 Å². The quantitative estimate of drug-likeness (QED) is 0.395. The van der Waals surface area contributed by atoms with Gasteiger partial charge in [-0.2, -0.15) is 0 Å². The van der Waals surface area contributed by atoms with Crippen LogP contribution in [0.1, 0.15) is 25.3 Å². The Hall–Kier alpha value is -3.08. The summed E-state index contributed by atoms with van der Waals surface area (Å²) in [5.74, 6) is -0.513. The van der Waals surface area contributed by atoms with Gasteiger partial charge in [0.15, 0.2) is 0 Å². The van der Waals surface area contributed by atoms with Crippen LogP contribution in [-0.4, -0.2) is 36.6 Å². The Morgan fingerprint density at radius 2 is 1.46 bits per heavy atom. The Labute approximate surface area is 200 Å². The lowest BCUT2D eigenvalue weighted by atomic mass is 9.88. The first-order valence-corrected chi connectivity index (χ1v) is 12.7. The molecule has 1 aliphatic rings. The maximum Gasteiger partial charge on any atom is 0.573 e. The third-order valence-corrected chi connectivity index (χ3v) is 7.95. The lowest BCUT2D eigenvalue weighted by molar-refractivity contribution is -0.274. The number of aromatic nitrogens is 1. The first kappa shape index (κ1) is 23.7. The summed E-state index contributed by atoms with van der Waals surface area (Å²) < 4.78 is 71.6. The van der Waals surface area contributed by atoms with Crippen molar-refractivity contribution in [3.8, 4) is 5.75 Å². The molecule has 3 aromatic carbocycles. The van der Waals surface area contributed by atoms with Gasteiger partial charge in [0.2, 0.25) is 10.0 Å². The van der Waals surface area contributed by atoms with Crippen LogP contribution in [0.15, 0.2) is 77.7 Å². The Kier molecular flexibility index (Phi) is 5.98. The van der Waals surface area contributed by atoms with Crippen LogP contribution in [-0.2, 0) is 10.0 Å². The molecule has 1 heterocycles. The predicted molar refractivity (Wildman–Crippen MR) is 126 cm³/mol. The summed E-state index contributed by atoms with van der Waals surface area (Å²) in [5, 5.41) is 13.4. The minimum atomic E-state index is -4.87. The molecule has 4 aromatic rings. The van der Waals surface area contributed by atoms with E-state index in [1.165, 1.54) is 0 Å². The molecule has 10 heteroatoms. The molecular formula is C25H23F3N2O4S. The summed E-state index contributed by atoms with van der Waals surface area (Å²) >= 11 is 0. The zero-order valence-electron chi connectivity index (χ0n) is 18.4. The fourth-order valence-corrected chi connectivity index (χ4v) is 6.25. The van der Waals surface area contributed by atoms with E-state index in [2.05, 4.69) is 14.0 Å². The number of aliphatic hydroxyl groups excluding tert-OH is 1. The normalized spacial score (nSPS) is 21.4. The van der Waals surface area contributed by atoms with Gasteiger partial charge in [-0.05, 0) is 55.7 Å². The average molecular weight is 505 g/mol. The maximum atomic E-state index is 13.0. The molecule has 35 heavy (non-hydrogen) atoms. The van der Waals surface area contributed by atoms with Crippen molar-refractivity contribution in [1.82, 2.24) is 9.29 Å². The van der Waals surface area contributed by atoms with Crippen LogP contribution >= 0.6 is 0 Å². The average Bonchev–Trinajstić information content (AvgIpc) is 3.14. The van der Waals surface area contributed by atoms with E-state index in [1.807, 2.05) is 48.5 Å². The number of hydrogen-bond acceptors (Lipinski definition) is 4. The number of sulfonamides is 1. The molecule has 0 radical (unpaired) electrons. The summed E-state index contributed by atoms with van der Waals surface area (Å²) in [5.41, 5.74) is 1.92. The number of aliphatic hydroxyl groups is 1. The van der Waals surface area contributed by atoms with Crippen molar-refractivity contribution in [1.29, 1.82) is 0 Å². The molecule has 184 valence electrons. The third kappa shape index (κ3) is 4.61. The Balaban J connectivity index is 1.42. The van der Waals surface area contributed by atoms with Crippen LogP contribution in [0.25, 0.3) is 21.8 Å². The molecule has 1 saturated carbocycles. The number of fused-ring (bicyclic) bond motifs is 3. The Bertz CT molecular complexity index is 1410. The molecule has 0 saturated heterocycles. The highest BCUT2D eigenvalue weighted by Gasteiger charge is 2.37. The minimum Gasteiger partial charge on any atom is -0.406 e. The number of halogens is 3. The Morgan fingerprint density at radius 3 is 2.03 bits per heavy atom. The molecule has 0 aliphatic heterocycles. The highest BCUT2D eigenvalue weighted by Crippen LogP contribution is 2.38. The van der Waals surface area contributed by atoms with Crippen molar-refractivity contribution in [2.75, 3.05) is 0 Å². The van der Waals surface area contributed by atoms with Crippen molar-refractivity contribution in [3.63, 3.8) is 0 Å². The van der Waals surface area contributed by atoms with Crippen molar-refractivity contribution in [2.24, 2.45) is 0 Å². The number of nitrogens with one attached hydrogen (secondary N) is 1. The molecule has 5 rings (SSSR count). The fourth-order valence-electron chi connectivity index (χ4n) is 4.96. The van der Waals surface area contributed by atoms with Gasteiger partial charge in [0.25, 0.3) is 0 Å². The van der Waals surface area contributed by atoms with Gasteiger partial charge in [0, 0.05) is 21.8 Å². The standard InChI is InChI=1S/C25H23F3N2O4S/c26-25(27,28)34-16-12-14-17(15-13-16)35(32,33)29-20-8-5-11-23(24(20)31)30-21-9-3-1-6-18(21)19-7-2-4-10-22(19)30/h1-4,6-7,9-10,12-15,20,23-24,29,31H,5,8,11H2/t20?,23?,24-/m1/s1. The smallest absolute Gasteiger partial charge is 0.406 e. The topological polar surface area (TPSA) is 80.6 Å². The second-order valence-electron chi connectivity index (χ2n) is 8.64. The Morgan fingerprint density at radius 1 is 0.886 bits per heavy atom. The lowest BCUT2D eigenvalue weighted by Gasteiger charge is -2.36. The van der Waals surface area contributed by atoms with Gasteiger partial charge < -0.3 is 14.4 Å². The predicted octanol–water partition coefficient (Wildman–Crippen LogP) is 5.13. The summed E-state index contributed by atoms with van der Waals surface area (Å²) in [6.07, 6.45) is -4.08. The van der Waals surface area contributed by atoms with Gasteiger partial charge in [-0.3, -0.25) is 0 Å². The summed E-state index contributed by atoms with van der Waals surface area (Å²) in [7, 11) is -4.09. The second-order valence-corrected chi connectivity index (χ2v) is 10.4. The highest BCUT2D eigenvalue weighted by molar-refractivity contribution is 7.89. The van der Waals surface area contributed by atoms with Crippen LogP contribution in [0.2, 0.25) is 0 Å². The summed E-state index contributed by atoms with van der Waals surface area (Å²) in [6.45, 7) is 0.